The number of hydrogen-bond acceptors (Lipinski definition) is 2. The quantitative estimate of drug-likeness (QED) is 0.580. The van der Waals surface area contributed by atoms with Crippen LogP contribution in [0.1, 0.15) is 24.0 Å². The fraction of sp³-hybridized carbons (Fsp3) is 0.294. The van der Waals surface area contributed by atoms with Crippen molar-refractivity contribution in [3.63, 3.8) is 0 Å². The number of rotatable bonds is 8. The van der Waals surface area contributed by atoms with E-state index < -0.39 is 7.60 Å². The molecule has 0 spiro atoms. The van der Waals surface area contributed by atoms with Crippen LogP contribution in [0.25, 0.3) is 0 Å². The van der Waals surface area contributed by atoms with Crippen molar-refractivity contribution in [2.75, 3.05) is 6.16 Å². The van der Waals surface area contributed by atoms with Crippen LogP contribution in [0.4, 0.5) is 0 Å². The van der Waals surface area contributed by atoms with Gasteiger partial charge in [-0.15, -0.1) is 0 Å². The molecule has 0 amide bonds. The summed E-state index contributed by atoms with van der Waals surface area (Å²) >= 11 is 0. The van der Waals surface area contributed by atoms with Crippen LogP contribution in [0, 0.1) is 0 Å². The van der Waals surface area contributed by atoms with Crippen LogP contribution in [0.3, 0.4) is 0 Å². The zero-order valence-electron chi connectivity index (χ0n) is 12.0. The van der Waals surface area contributed by atoms with Crippen LogP contribution in [0.15, 0.2) is 60.7 Å². The first-order valence-corrected chi connectivity index (χ1v) is 8.96. The van der Waals surface area contributed by atoms with E-state index in [0.717, 1.165) is 18.4 Å². The smallest absolute Gasteiger partial charge is 0.324 e. The van der Waals surface area contributed by atoms with Crippen LogP contribution in [0.5, 0.6) is 0 Å². The van der Waals surface area contributed by atoms with Gasteiger partial charge >= 0.3 is 7.60 Å². The Balaban J connectivity index is 1.68. The molecule has 2 aromatic rings. The number of benzene rings is 2. The second-order valence-corrected chi connectivity index (χ2v) is 7.04. The molecule has 0 heterocycles. The van der Waals surface area contributed by atoms with E-state index in [1.807, 2.05) is 48.5 Å². The summed E-state index contributed by atoms with van der Waals surface area (Å²) in [5.41, 5.74) is 2.17. The lowest BCUT2D eigenvalue weighted by atomic mass is 10.1. The highest BCUT2D eigenvalue weighted by Gasteiger charge is 2.18. The predicted molar refractivity (Wildman–Crippen MR) is 85.3 cm³/mol. The lowest BCUT2D eigenvalue weighted by molar-refractivity contribution is 0.249. The normalized spacial score (nSPS) is 13.8. The van der Waals surface area contributed by atoms with Crippen molar-refractivity contribution in [1.82, 2.24) is 0 Å². The van der Waals surface area contributed by atoms with Crippen molar-refractivity contribution in [1.29, 1.82) is 0 Å². The summed E-state index contributed by atoms with van der Waals surface area (Å²) in [6.45, 7) is 0.188. The van der Waals surface area contributed by atoms with Gasteiger partial charge in [0, 0.05) is 0 Å². The van der Waals surface area contributed by atoms with Crippen molar-refractivity contribution in [3.05, 3.63) is 71.8 Å². The summed E-state index contributed by atoms with van der Waals surface area (Å²) in [7, 11) is -3.48. The van der Waals surface area contributed by atoms with Crippen molar-refractivity contribution >= 4 is 7.60 Å². The molecule has 0 bridgehead atoms. The zero-order valence-corrected chi connectivity index (χ0v) is 12.9. The van der Waals surface area contributed by atoms with Gasteiger partial charge in [-0.05, 0) is 30.4 Å². The Morgan fingerprint density at radius 1 is 0.857 bits per heavy atom. The maximum absolute atomic E-state index is 11.9. The van der Waals surface area contributed by atoms with E-state index >= 15 is 0 Å². The Hall–Kier alpha value is -1.41. The molecule has 0 aliphatic carbocycles. The van der Waals surface area contributed by atoms with E-state index in [0.29, 0.717) is 6.42 Å². The number of aryl methyl sites for hydroxylation is 1. The third-order valence-electron chi connectivity index (χ3n) is 3.27. The fourth-order valence-corrected chi connectivity index (χ4v) is 3.20. The van der Waals surface area contributed by atoms with Gasteiger partial charge in [-0.1, -0.05) is 60.7 Å². The van der Waals surface area contributed by atoms with E-state index in [2.05, 4.69) is 12.1 Å². The van der Waals surface area contributed by atoms with Gasteiger partial charge in [0.05, 0.1) is 12.8 Å². The van der Waals surface area contributed by atoms with Crippen LogP contribution in [-0.2, 0) is 22.1 Å². The van der Waals surface area contributed by atoms with Crippen LogP contribution in [-0.4, -0.2) is 11.1 Å². The van der Waals surface area contributed by atoms with Gasteiger partial charge in [0.1, 0.15) is 0 Å². The predicted octanol–water partition coefficient (Wildman–Crippen LogP) is 4.41. The molecule has 4 heteroatoms. The highest BCUT2D eigenvalue weighted by atomic mass is 31.2. The standard InChI is InChI=1S/C17H21O3P/c18-21(19,20-15-17-12-5-2-6-13-17)14-8-7-11-16-9-3-1-4-10-16/h1-6,9-10,12-13H,7-8,11,14-15H2,(H,18,19). The van der Waals surface area contributed by atoms with Crippen LogP contribution < -0.4 is 0 Å². The molecular weight excluding hydrogens is 283 g/mol. The van der Waals surface area contributed by atoms with Crippen LogP contribution >= 0.6 is 7.60 Å². The van der Waals surface area contributed by atoms with Crippen molar-refractivity contribution in [2.24, 2.45) is 0 Å². The van der Waals surface area contributed by atoms with Gasteiger partial charge < -0.3 is 9.42 Å². The highest BCUT2D eigenvalue weighted by molar-refractivity contribution is 7.52. The Kier molecular flexibility index (Phi) is 6.19. The molecule has 1 N–H and O–H groups in total. The molecule has 2 rings (SSSR count). The third kappa shape index (κ3) is 6.26. The second-order valence-electron chi connectivity index (χ2n) is 5.06. The summed E-state index contributed by atoms with van der Waals surface area (Å²) in [5, 5.41) is 0. The maximum Gasteiger partial charge on any atom is 0.328 e. The summed E-state index contributed by atoms with van der Waals surface area (Å²) in [5.74, 6) is 0. The average Bonchev–Trinajstić information content (AvgIpc) is 2.52. The molecule has 0 saturated carbocycles. The Bertz CT molecular complexity index is 569. The maximum atomic E-state index is 11.9. The number of unbranched alkanes of at least 4 members (excludes halogenated alkanes) is 1. The first kappa shape index (κ1) is 16.0. The highest BCUT2D eigenvalue weighted by Crippen LogP contribution is 2.43. The van der Waals surface area contributed by atoms with E-state index in [4.69, 9.17) is 4.52 Å². The molecule has 0 aliphatic heterocycles. The molecule has 21 heavy (non-hydrogen) atoms. The second kappa shape index (κ2) is 8.14. The van der Waals surface area contributed by atoms with Crippen molar-refractivity contribution in [3.8, 4) is 0 Å². The minimum absolute atomic E-state index is 0.188. The monoisotopic (exact) mass is 304 g/mol. The minimum atomic E-state index is -3.48. The first-order valence-electron chi connectivity index (χ1n) is 7.20. The van der Waals surface area contributed by atoms with E-state index in [9.17, 15) is 9.46 Å². The topological polar surface area (TPSA) is 46.5 Å². The molecule has 1 unspecified atom stereocenters. The number of hydrogen-bond donors (Lipinski definition) is 1. The zero-order chi connectivity index (χ0) is 15.0. The summed E-state index contributed by atoms with van der Waals surface area (Å²) in [6, 6.07) is 19.6. The summed E-state index contributed by atoms with van der Waals surface area (Å²) < 4.78 is 17.1. The minimum Gasteiger partial charge on any atom is -0.324 e. The van der Waals surface area contributed by atoms with Crippen molar-refractivity contribution < 1.29 is 14.0 Å². The molecule has 0 radical (unpaired) electrons. The molecule has 0 saturated heterocycles. The summed E-state index contributed by atoms with van der Waals surface area (Å²) in [4.78, 5) is 9.81. The Labute approximate surface area is 126 Å². The van der Waals surface area contributed by atoms with Crippen molar-refractivity contribution in [2.45, 2.75) is 25.9 Å². The van der Waals surface area contributed by atoms with E-state index in [1.54, 1.807) is 0 Å². The molecule has 3 nitrogen and oxygen atoms in total. The molecule has 0 fully saturated rings. The molecule has 1 atom stereocenters. The lowest BCUT2D eigenvalue weighted by Gasteiger charge is -2.12. The molecule has 112 valence electrons. The molecule has 0 aromatic heterocycles. The third-order valence-corrected chi connectivity index (χ3v) is 4.69. The van der Waals surface area contributed by atoms with Crippen LogP contribution in [0.2, 0.25) is 0 Å². The van der Waals surface area contributed by atoms with Gasteiger partial charge in [-0.2, -0.15) is 0 Å². The van der Waals surface area contributed by atoms with E-state index in [1.165, 1.54) is 5.56 Å². The average molecular weight is 304 g/mol. The SMILES string of the molecule is O=P(O)(CCCCc1ccccc1)OCc1ccccc1. The molecule has 2 aromatic carbocycles. The van der Waals surface area contributed by atoms with E-state index in [-0.39, 0.29) is 12.8 Å². The fourth-order valence-electron chi connectivity index (χ4n) is 2.10. The molecular formula is C17H21O3P. The Morgan fingerprint density at radius 2 is 1.43 bits per heavy atom. The molecule has 0 aliphatic rings. The summed E-state index contributed by atoms with van der Waals surface area (Å²) in [6.07, 6.45) is 2.73. The van der Waals surface area contributed by atoms with Gasteiger partial charge in [-0.25, -0.2) is 0 Å². The Morgan fingerprint density at radius 3 is 2.05 bits per heavy atom. The van der Waals surface area contributed by atoms with Gasteiger partial charge in [-0.3, -0.25) is 4.57 Å². The lowest BCUT2D eigenvalue weighted by Crippen LogP contribution is -1.97. The van der Waals surface area contributed by atoms with Gasteiger partial charge in [0.2, 0.25) is 0 Å². The largest absolute Gasteiger partial charge is 0.328 e. The van der Waals surface area contributed by atoms with Gasteiger partial charge in [0.25, 0.3) is 0 Å². The first-order chi connectivity index (χ1) is 10.2. The van der Waals surface area contributed by atoms with Gasteiger partial charge in [0.15, 0.2) is 0 Å².